The van der Waals surface area contributed by atoms with Crippen LogP contribution in [0.2, 0.25) is 0 Å². The van der Waals surface area contributed by atoms with Gasteiger partial charge in [-0.2, -0.15) is 4.33 Å². The highest BCUT2D eigenvalue weighted by Crippen LogP contribution is 2.04. The zero-order valence-electron chi connectivity index (χ0n) is 6.93. The van der Waals surface area contributed by atoms with Crippen LogP contribution in [0, 0.1) is 0 Å². The highest BCUT2D eigenvalue weighted by Gasteiger charge is 1.96. The van der Waals surface area contributed by atoms with Crippen LogP contribution in [0.3, 0.4) is 0 Å². The van der Waals surface area contributed by atoms with E-state index in [1.54, 1.807) is 0 Å². The molecule has 0 bridgehead atoms. The van der Waals surface area contributed by atoms with E-state index in [1.165, 1.54) is 5.56 Å². The Morgan fingerprint density at radius 3 is 2.75 bits per heavy atom. The summed E-state index contributed by atoms with van der Waals surface area (Å²) in [4.78, 5) is 0. The van der Waals surface area contributed by atoms with E-state index < -0.39 is 0 Å². The summed E-state index contributed by atoms with van der Waals surface area (Å²) < 4.78 is 5.88. The lowest BCUT2D eigenvalue weighted by Crippen LogP contribution is -2.25. The van der Waals surface area contributed by atoms with Crippen LogP contribution in [-0.4, -0.2) is 11.0 Å². The van der Waals surface area contributed by atoms with E-state index in [2.05, 4.69) is 16.5 Å². The monoisotopic (exact) mass is 186 g/mol. The van der Waals surface area contributed by atoms with E-state index in [9.17, 15) is 0 Å². The van der Waals surface area contributed by atoms with Crippen molar-refractivity contribution in [2.45, 2.75) is 6.42 Å². The smallest absolute Gasteiger partial charge is 0.168 e. The Kier molecular flexibility index (Phi) is 4.07. The van der Waals surface area contributed by atoms with Crippen LogP contribution in [0.1, 0.15) is 5.56 Å². The van der Waals surface area contributed by atoms with Crippen LogP contribution in [0.5, 0.6) is 0 Å². The minimum atomic E-state index is 0.768. The standard InChI is InChI=1S/C8H11NO2S/c1-9-5-2-8(3-6-9)4-7-12-11-10/h2-3,5-6H,4,7H2,1H3/p+1. The number of pyridine rings is 1. The van der Waals surface area contributed by atoms with Crippen molar-refractivity contribution in [3.05, 3.63) is 30.1 Å². The molecule has 0 aliphatic rings. The van der Waals surface area contributed by atoms with Gasteiger partial charge in [0, 0.05) is 29.9 Å². The summed E-state index contributed by atoms with van der Waals surface area (Å²) in [6.07, 6.45) is 4.91. The number of hydrogen-bond donors (Lipinski definition) is 1. The lowest BCUT2D eigenvalue weighted by Gasteiger charge is -1.96. The van der Waals surface area contributed by atoms with Gasteiger partial charge in [0.15, 0.2) is 12.4 Å². The Bertz CT molecular complexity index is 225. The fraction of sp³-hybridized carbons (Fsp3) is 0.375. The molecule has 1 rings (SSSR count). The third kappa shape index (κ3) is 3.21. The topological polar surface area (TPSA) is 33.3 Å². The number of rotatable bonds is 4. The molecule has 4 heteroatoms. The van der Waals surface area contributed by atoms with Gasteiger partial charge in [0.25, 0.3) is 0 Å². The average molecular weight is 186 g/mol. The van der Waals surface area contributed by atoms with E-state index in [0.29, 0.717) is 0 Å². The summed E-state index contributed by atoms with van der Waals surface area (Å²) in [7, 11) is 1.98. The summed E-state index contributed by atoms with van der Waals surface area (Å²) in [5.74, 6) is 0.768. The largest absolute Gasteiger partial charge is 0.239 e. The molecule has 0 saturated heterocycles. The van der Waals surface area contributed by atoms with Crippen molar-refractivity contribution in [2.75, 3.05) is 5.75 Å². The minimum Gasteiger partial charge on any atom is -0.239 e. The van der Waals surface area contributed by atoms with Crippen molar-refractivity contribution in [1.29, 1.82) is 0 Å². The van der Waals surface area contributed by atoms with E-state index in [0.717, 1.165) is 24.2 Å². The summed E-state index contributed by atoms with van der Waals surface area (Å²) in [5, 5.41) is 8.05. The molecule has 0 aliphatic heterocycles. The summed E-state index contributed by atoms with van der Waals surface area (Å²) in [6, 6.07) is 4.11. The van der Waals surface area contributed by atoms with Gasteiger partial charge in [-0.25, -0.2) is 9.82 Å². The maximum Gasteiger partial charge on any atom is 0.168 e. The maximum absolute atomic E-state index is 8.05. The second-order valence-electron chi connectivity index (χ2n) is 2.52. The van der Waals surface area contributed by atoms with Crippen LogP contribution in [-0.2, 0) is 17.8 Å². The van der Waals surface area contributed by atoms with Gasteiger partial charge in [-0.15, -0.1) is 0 Å². The Labute approximate surface area is 76.1 Å². The van der Waals surface area contributed by atoms with Crippen molar-refractivity contribution in [3.8, 4) is 0 Å². The molecule has 12 heavy (non-hydrogen) atoms. The zero-order valence-corrected chi connectivity index (χ0v) is 7.75. The van der Waals surface area contributed by atoms with Crippen molar-refractivity contribution in [3.63, 3.8) is 0 Å². The molecular weight excluding hydrogens is 174 g/mol. The van der Waals surface area contributed by atoms with Crippen LogP contribution in [0.15, 0.2) is 24.5 Å². The molecule has 1 aromatic rings. The first-order valence-corrected chi connectivity index (χ1v) is 4.61. The molecule has 0 fully saturated rings. The predicted octanol–water partition coefficient (Wildman–Crippen LogP) is 1.19. The Morgan fingerprint density at radius 1 is 1.50 bits per heavy atom. The lowest BCUT2D eigenvalue weighted by molar-refractivity contribution is -0.671. The van der Waals surface area contributed by atoms with E-state index in [1.807, 2.05) is 24.0 Å². The van der Waals surface area contributed by atoms with Crippen molar-refractivity contribution >= 4 is 12.0 Å². The molecule has 0 aliphatic carbocycles. The Balaban J connectivity index is 2.37. The van der Waals surface area contributed by atoms with Gasteiger partial charge in [-0.05, 0) is 12.0 Å². The van der Waals surface area contributed by atoms with Gasteiger partial charge in [0.05, 0.1) is 0 Å². The van der Waals surface area contributed by atoms with Crippen molar-refractivity contribution in [1.82, 2.24) is 0 Å². The molecule has 0 aromatic carbocycles. The second-order valence-corrected chi connectivity index (χ2v) is 3.31. The van der Waals surface area contributed by atoms with Crippen LogP contribution < -0.4 is 4.57 Å². The van der Waals surface area contributed by atoms with E-state index >= 15 is 0 Å². The Morgan fingerprint density at radius 2 is 2.17 bits per heavy atom. The first kappa shape index (κ1) is 9.51. The van der Waals surface area contributed by atoms with Crippen LogP contribution >= 0.6 is 12.0 Å². The van der Waals surface area contributed by atoms with Gasteiger partial charge < -0.3 is 0 Å². The lowest BCUT2D eigenvalue weighted by atomic mass is 10.2. The predicted molar refractivity (Wildman–Crippen MR) is 47.5 cm³/mol. The van der Waals surface area contributed by atoms with Gasteiger partial charge in [-0.1, -0.05) is 0 Å². The number of aryl methyl sites for hydroxylation is 2. The molecule has 0 saturated carbocycles. The molecule has 0 spiro atoms. The van der Waals surface area contributed by atoms with Gasteiger partial charge >= 0.3 is 0 Å². The van der Waals surface area contributed by atoms with E-state index in [4.69, 9.17) is 5.26 Å². The highest BCUT2D eigenvalue weighted by atomic mass is 32.2. The summed E-state index contributed by atoms with van der Waals surface area (Å²) >= 11 is 1.06. The molecule has 3 nitrogen and oxygen atoms in total. The fourth-order valence-electron chi connectivity index (χ4n) is 0.895. The zero-order chi connectivity index (χ0) is 8.81. The van der Waals surface area contributed by atoms with Gasteiger partial charge in [0.1, 0.15) is 7.05 Å². The molecule has 1 heterocycles. The highest BCUT2D eigenvalue weighted by molar-refractivity contribution is 7.94. The molecule has 0 amide bonds. The molecular formula is C8H12NO2S+. The maximum atomic E-state index is 8.05. The quantitative estimate of drug-likeness (QED) is 0.252. The second kappa shape index (κ2) is 5.13. The molecule has 0 unspecified atom stereocenters. The van der Waals surface area contributed by atoms with Gasteiger partial charge in [0.2, 0.25) is 0 Å². The number of aromatic nitrogens is 1. The SMILES string of the molecule is C[n+]1ccc(CCSOO)cc1. The van der Waals surface area contributed by atoms with Gasteiger partial charge in [-0.3, -0.25) is 0 Å². The summed E-state index contributed by atoms with van der Waals surface area (Å²) in [5.41, 5.74) is 1.25. The van der Waals surface area contributed by atoms with E-state index in [-0.39, 0.29) is 0 Å². The van der Waals surface area contributed by atoms with Crippen LogP contribution in [0.4, 0.5) is 0 Å². The minimum absolute atomic E-state index is 0.768. The fourth-order valence-corrected chi connectivity index (χ4v) is 1.29. The third-order valence-corrected chi connectivity index (χ3v) is 2.05. The first-order valence-electron chi connectivity index (χ1n) is 3.70. The van der Waals surface area contributed by atoms with Crippen molar-refractivity contribution in [2.24, 2.45) is 7.05 Å². The number of hydrogen-bond acceptors (Lipinski definition) is 3. The molecule has 0 atom stereocenters. The average Bonchev–Trinajstić information content (AvgIpc) is 2.09. The first-order chi connectivity index (χ1) is 5.83. The molecule has 66 valence electrons. The summed E-state index contributed by atoms with van der Waals surface area (Å²) in [6.45, 7) is 0. The third-order valence-electron chi connectivity index (χ3n) is 1.57. The molecule has 0 radical (unpaired) electrons. The molecule has 1 aromatic heterocycles. The normalized spacial score (nSPS) is 10.2. The molecule has 1 N–H and O–H groups in total. The van der Waals surface area contributed by atoms with Crippen LogP contribution in [0.25, 0.3) is 0 Å². The number of nitrogens with zero attached hydrogens (tertiary/aromatic N) is 1. The Hall–Kier alpha value is -0.580. The van der Waals surface area contributed by atoms with Crippen molar-refractivity contribution < 1.29 is 14.2 Å².